The first-order valence-electron chi connectivity index (χ1n) is 9.16. The molecule has 0 saturated heterocycles. The molecule has 0 amide bonds. The standard InChI is InChI=1S/C23H20N4/c1-16-19-12-6-8-14-21(19)26(24-16)23(18-10-4-3-5-11-18)27-22-15-9-7-13-20(22)17(2)25-27/h3-15,23H,1-2H3. The van der Waals surface area contributed by atoms with Gasteiger partial charge in [0, 0.05) is 10.8 Å². The van der Waals surface area contributed by atoms with E-state index in [0.29, 0.717) is 0 Å². The summed E-state index contributed by atoms with van der Waals surface area (Å²) in [6, 6.07) is 27.2. The molecule has 3 aromatic carbocycles. The van der Waals surface area contributed by atoms with Crippen molar-refractivity contribution >= 4 is 21.8 Å². The monoisotopic (exact) mass is 352 g/mol. The first-order valence-corrected chi connectivity index (χ1v) is 9.16. The Morgan fingerprint density at radius 3 is 1.56 bits per heavy atom. The number of para-hydroxylation sites is 2. The minimum Gasteiger partial charge on any atom is -0.235 e. The van der Waals surface area contributed by atoms with Crippen molar-refractivity contribution < 1.29 is 0 Å². The summed E-state index contributed by atoms with van der Waals surface area (Å²) in [7, 11) is 0. The highest BCUT2D eigenvalue weighted by molar-refractivity contribution is 5.83. The Kier molecular flexibility index (Phi) is 3.57. The minimum absolute atomic E-state index is 0.150. The van der Waals surface area contributed by atoms with Gasteiger partial charge in [-0.1, -0.05) is 66.7 Å². The van der Waals surface area contributed by atoms with Gasteiger partial charge in [0.15, 0.2) is 6.17 Å². The van der Waals surface area contributed by atoms with Gasteiger partial charge in [0.05, 0.1) is 22.4 Å². The highest BCUT2D eigenvalue weighted by atomic mass is 15.5. The van der Waals surface area contributed by atoms with Crippen LogP contribution >= 0.6 is 0 Å². The zero-order chi connectivity index (χ0) is 18.4. The summed E-state index contributed by atoms with van der Waals surface area (Å²) in [5.41, 5.74) is 5.43. The third-order valence-electron chi connectivity index (χ3n) is 5.16. The first-order chi connectivity index (χ1) is 13.2. The molecule has 4 nitrogen and oxygen atoms in total. The van der Waals surface area contributed by atoms with Crippen molar-refractivity contribution in [3.8, 4) is 0 Å². The van der Waals surface area contributed by atoms with Crippen molar-refractivity contribution in [1.82, 2.24) is 19.6 Å². The van der Waals surface area contributed by atoms with E-state index in [0.717, 1.165) is 28.0 Å². The molecule has 4 heteroatoms. The molecular weight excluding hydrogens is 332 g/mol. The van der Waals surface area contributed by atoms with Crippen LogP contribution in [0.25, 0.3) is 21.8 Å². The van der Waals surface area contributed by atoms with Crippen LogP contribution < -0.4 is 0 Å². The Balaban J connectivity index is 1.85. The summed E-state index contributed by atoms with van der Waals surface area (Å²) in [6.07, 6.45) is -0.150. The molecule has 0 radical (unpaired) electrons. The Bertz CT molecular complexity index is 1170. The number of aryl methyl sites for hydroxylation is 2. The van der Waals surface area contributed by atoms with E-state index < -0.39 is 0 Å². The lowest BCUT2D eigenvalue weighted by Crippen LogP contribution is -2.22. The van der Waals surface area contributed by atoms with Crippen LogP contribution in [-0.4, -0.2) is 19.6 Å². The molecule has 5 rings (SSSR count). The highest BCUT2D eigenvalue weighted by Crippen LogP contribution is 2.30. The maximum Gasteiger partial charge on any atom is 0.170 e. The van der Waals surface area contributed by atoms with Gasteiger partial charge < -0.3 is 0 Å². The van der Waals surface area contributed by atoms with Crippen LogP contribution in [0.5, 0.6) is 0 Å². The lowest BCUT2D eigenvalue weighted by molar-refractivity contribution is 0.438. The molecule has 0 saturated carbocycles. The molecule has 0 atom stereocenters. The average molecular weight is 352 g/mol. The normalized spacial score (nSPS) is 11.7. The maximum atomic E-state index is 4.91. The van der Waals surface area contributed by atoms with Gasteiger partial charge in [-0.2, -0.15) is 10.2 Å². The molecule has 0 bridgehead atoms. The van der Waals surface area contributed by atoms with E-state index in [2.05, 4.69) is 96.0 Å². The summed E-state index contributed by atoms with van der Waals surface area (Å²) >= 11 is 0. The third kappa shape index (κ3) is 2.45. The maximum absolute atomic E-state index is 4.91. The van der Waals surface area contributed by atoms with E-state index in [9.17, 15) is 0 Å². The van der Waals surface area contributed by atoms with Gasteiger partial charge in [-0.25, -0.2) is 9.36 Å². The highest BCUT2D eigenvalue weighted by Gasteiger charge is 2.23. The number of aromatic nitrogens is 4. The summed E-state index contributed by atoms with van der Waals surface area (Å²) in [4.78, 5) is 0. The van der Waals surface area contributed by atoms with E-state index in [1.807, 2.05) is 6.07 Å². The van der Waals surface area contributed by atoms with E-state index in [4.69, 9.17) is 10.2 Å². The van der Waals surface area contributed by atoms with Crippen molar-refractivity contribution in [3.63, 3.8) is 0 Å². The van der Waals surface area contributed by atoms with Crippen molar-refractivity contribution in [1.29, 1.82) is 0 Å². The van der Waals surface area contributed by atoms with Crippen LogP contribution in [0.15, 0.2) is 78.9 Å². The van der Waals surface area contributed by atoms with Gasteiger partial charge in [-0.05, 0) is 31.5 Å². The smallest absolute Gasteiger partial charge is 0.170 e. The van der Waals surface area contributed by atoms with Crippen LogP contribution in [-0.2, 0) is 0 Å². The second-order valence-electron chi connectivity index (χ2n) is 6.88. The fourth-order valence-electron chi connectivity index (χ4n) is 3.88. The van der Waals surface area contributed by atoms with Crippen LogP contribution in [0.4, 0.5) is 0 Å². The predicted molar refractivity (Wildman–Crippen MR) is 109 cm³/mol. The summed E-state index contributed by atoms with van der Waals surface area (Å²) in [5, 5.41) is 12.2. The topological polar surface area (TPSA) is 35.6 Å². The van der Waals surface area contributed by atoms with Gasteiger partial charge in [0.25, 0.3) is 0 Å². The molecule has 0 fully saturated rings. The van der Waals surface area contributed by atoms with E-state index in [-0.39, 0.29) is 6.17 Å². The number of hydrogen-bond acceptors (Lipinski definition) is 2. The minimum atomic E-state index is -0.150. The van der Waals surface area contributed by atoms with Crippen LogP contribution in [0.2, 0.25) is 0 Å². The lowest BCUT2D eigenvalue weighted by Gasteiger charge is -2.21. The zero-order valence-electron chi connectivity index (χ0n) is 15.4. The molecule has 5 aromatic rings. The Morgan fingerprint density at radius 1 is 0.593 bits per heavy atom. The van der Waals surface area contributed by atoms with Gasteiger partial charge in [-0.3, -0.25) is 0 Å². The van der Waals surface area contributed by atoms with E-state index in [1.165, 1.54) is 10.8 Å². The number of hydrogen-bond donors (Lipinski definition) is 0. The molecule has 2 aromatic heterocycles. The van der Waals surface area contributed by atoms with Crippen molar-refractivity contribution in [2.45, 2.75) is 20.0 Å². The van der Waals surface area contributed by atoms with Gasteiger partial charge in [0.2, 0.25) is 0 Å². The fraction of sp³-hybridized carbons (Fsp3) is 0.130. The molecular formula is C23H20N4. The lowest BCUT2D eigenvalue weighted by atomic mass is 10.1. The molecule has 2 heterocycles. The van der Waals surface area contributed by atoms with Crippen molar-refractivity contribution in [3.05, 3.63) is 95.8 Å². The molecule has 0 N–H and O–H groups in total. The van der Waals surface area contributed by atoms with Crippen molar-refractivity contribution in [2.24, 2.45) is 0 Å². The van der Waals surface area contributed by atoms with Crippen LogP contribution in [0.3, 0.4) is 0 Å². The molecule has 27 heavy (non-hydrogen) atoms. The van der Waals surface area contributed by atoms with Gasteiger partial charge in [-0.15, -0.1) is 0 Å². The predicted octanol–water partition coefficient (Wildman–Crippen LogP) is 5.10. The fourth-order valence-corrected chi connectivity index (χ4v) is 3.88. The second kappa shape index (κ2) is 6.09. The van der Waals surface area contributed by atoms with Gasteiger partial charge in [0.1, 0.15) is 0 Å². The van der Waals surface area contributed by atoms with Crippen LogP contribution in [0.1, 0.15) is 23.1 Å². The molecule has 0 spiro atoms. The molecule has 132 valence electrons. The average Bonchev–Trinajstić information content (AvgIpc) is 3.22. The quantitative estimate of drug-likeness (QED) is 0.453. The SMILES string of the molecule is Cc1nn(C(c2ccccc2)n2nc(C)c3ccccc32)c2ccccc12. The van der Waals surface area contributed by atoms with Crippen molar-refractivity contribution in [2.75, 3.05) is 0 Å². The number of benzene rings is 3. The Morgan fingerprint density at radius 2 is 1.04 bits per heavy atom. The number of rotatable bonds is 3. The molecule has 0 aliphatic rings. The third-order valence-corrected chi connectivity index (χ3v) is 5.16. The summed E-state index contributed by atoms with van der Waals surface area (Å²) < 4.78 is 4.19. The van der Waals surface area contributed by atoms with E-state index in [1.54, 1.807) is 0 Å². The van der Waals surface area contributed by atoms with Crippen LogP contribution in [0, 0.1) is 13.8 Å². The Labute approximate surface area is 157 Å². The Hall–Kier alpha value is -3.40. The number of nitrogens with zero attached hydrogens (tertiary/aromatic N) is 4. The molecule has 0 aliphatic heterocycles. The molecule has 0 aliphatic carbocycles. The van der Waals surface area contributed by atoms with Gasteiger partial charge >= 0.3 is 0 Å². The zero-order valence-corrected chi connectivity index (χ0v) is 15.4. The largest absolute Gasteiger partial charge is 0.235 e. The summed E-state index contributed by atoms with van der Waals surface area (Å²) in [6.45, 7) is 4.13. The second-order valence-corrected chi connectivity index (χ2v) is 6.88. The van der Waals surface area contributed by atoms with E-state index >= 15 is 0 Å². The number of fused-ring (bicyclic) bond motifs is 2. The molecule has 0 unspecified atom stereocenters. The first kappa shape index (κ1) is 15.8. The summed E-state index contributed by atoms with van der Waals surface area (Å²) in [5.74, 6) is 0.